The van der Waals surface area contributed by atoms with Crippen molar-refractivity contribution in [1.82, 2.24) is 0 Å². The van der Waals surface area contributed by atoms with Crippen LogP contribution in [0.15, 0.2) is 0 Å². The highest BCUT2D eigenvalue weighted by molar-refractivity contribution is 5.83. The molecule has 0 heterocycles. The summed E-state index contributed by atoms with van der Waals surface area (Å²) in [7, 11) is 0. The van der Waals surface area contributed by atoms with Gasteiger partial charge in [-0.1, -0.05) is 12.8 Å². The van der Waals surface area contributed by atoms with Gasteiger partial charge in [-0.15, -0.1) is 0 Å². The second-order valence-corrected chi connectivity index (χ2v) is 4.00. The van der Waals surface area contributed by atoms with E-state index in [-0.39, 0.29) is 12.7 Å². The molecule has 1 saturated carbocycles. The van der Waals surface area contributed by atoms with Crippen molar-refractivity contribution < 1.29 is 9.53 Å². The van der Waals surface area contributed by atoms with E-state index >= 15 is 0 Å². The lowest BCUT2D eigenvalue weighted by Crippen LogP contribution is -2.53. The third-order valence-electron chi connectivity index (χ3n) is 2.48. The smallest absolute Gasteiger partial charge is 0.239 e. The molecule has 13 heavy (non-hydrogen) atoms. The second-order valence-electron chi connectivity index (χ2n) is 4.00. The van der Waals surface area contributed by atoms with Gasteiger partial charge in [0, 0.05) is 0 Å². The Morgan fingerprint density at radius 2 is 2.08 bits per heavy atom. The molecule has 1 atom stereocenters. The van der Waals surface area contributed by atoms with Crippen molar-refractivity contribution in [3.8, 4) is 0 Å². The maximum Gasteiger partial charge on any atom is 0.239 e. The molecule has 4 nitrogen and oxygen atoms in total. The summed E-state index contributed by atoms with van der Waals surface area (Å²) in [6, 6.07) is 0. The van der Waals surface area contributed by atoms with E-state index in [0.29, 0.717) is 0 Å². The lowest BCUT2D eigenvalue weighted by molar-refractivity contribution is -0.125. The molecule has 0 spiro atoms. The Balaban J connectivity index is 2.28. The van der Waals surface area contributed by atoms with Crippen LogP contribution in [0.1, 0.15) is 32.6 Å². The number of amides is 1. The van der Waals surface area contributed by atoms with Crippen molar-refractivity contribution in [3.63, 3.8) is 0 Å². The van der Waals surface area contributed by atoms with Crippen molar-refractivity contribution >= 4 is 5.91 Å². The minimum atomic E-state index is -1.03. The first-order chi connectivity index (χ1) is 6.02. The third kappa shape index (κ3) is 2.97. The van der Waals surface area contributed by atoms with E-state index in [9.17, 15) is 4.79 Å². The molecular weight excluding hydrogens is 168 g/mol. The number of hydrogen-bond acceptors (Lipinski definition) is 3. The fourth-order valence-corrected chi connectivity index (χ4v) is 1.42. The second kappa shape index (κ2) is 4.07. The molecule has 4 N–H and O–H groups in total. The van der Waals surface area contributed by atoms with E-state index < -0.39 is 11.4 Å². The third-order valence-corrected chi connectivity index (χ3v) is 2.48. The fourth-order valence-electron chi connectivity index (χ4n) is 1.42. The van der Waals surface area contributed by atoms with Crippen LogP contribution in [-0.4, -0.2) is 24.2 Å². The number of primary amides is 1. The maximum absolute atomic E-state index is 10.8. The standard InChI is InChI=1S/C9H18N2O2/c1-9(11,8(10)12)6-13-7-4-2-3-5-7/h7H,2-6,11H2,1H3,(H2,10,12). The van der Waals surface area contributed by atoms with Gasteiger partial charge in [-0.3, -0.25) is 4.79 Å². The van der Waals surface area contributed by atoms with Crippen LogP contribution in [0.2, 0.25) is 0 Å². The summed E-state index contributed by atoms with van der Waals surface area (Å²) in [5.41, 5.74) is 9.72. The average Bonchev–Trinajstić information content (AvgIpc) is 2.52. The number of hydrogen-bond donors (Lipinski definition) is 2. The van der Waals surface area contributed by atoms with Gasteiger partial charge < -0.3 is 16.2 Å². The van der Waals surface area contributed by atoms with E-state index in [1.807, 2.05) is 0 Å². The van der Waals surface area contributed by atoms with Crippen LogP contribution >= 0.6 is 0 Å². The Morgan fingerprint density at radius 3 is 2.54 bits per heavy atom. The van der Waals surface area contributed by atoms with Gasteiger partial charge in [0.2, 0.25) is 5.91 Å². The molecule has 0 aromatic rings. The van der Waals surface area contributed by atoms with E-state index in [1.165, 1.54) is 12.8 Å². The van der Waals surface area contributed by atoms with Crippen LogP contribution in [0.3, 0.4) is 0 Å². The molecule has 0 bridgehead atoms. The van der Waals surface area contributed by atoms with Gasteiger partial charge in [-0.05, 0) is 19.8 Å². The highest BCUT2D eigenvalue weighted by Crippen LogP contribution is 2.21. The van der Waals surface area contributed by atoms with Crippen molar-refractivity contribution in [2.24, 2.45) is 11.5 Å². The molecule has 0 saturated heterocycles. The molecule has 1 fully saturated rings. The Hall–Kier alpha value is -0.610. The molecule has 0 aromatic heterocycles. The summed E-state index contributed by atoms with van der Waals surface area (Å²) in [5.74, 6) is -0.509. The van der Waals surface area contributed by atoms with Crippen molar-refractivity contribution in [3.05, 3.63) is 0 Å². The fraction of sp³-hybridized carbons (Fsp3) is 0.889. The molecular formula is C9H18N2O2. The summed E-state index contributed by atoms with van der Waals surface area (Å²) in [5, 5.41) is 0. The molecule has 0 aliphatic heterocycles. The summed E-state index contributed by atoms with van der Waals surface area (Å²) in [6.45, 7) is 1.83. The number of ether oxygens (including phenoxy) is 1. The minimum Gasteiger partial charge on any atom is -0.376 e. The van der Waals surface area contributed by atoms with Crippen LogP contribution < -0.4 is 11.5 Å². The molecule has 1 aliphatic carbocycles. The van der Waals surface area contributed by atoms with Crippen LogP contribution in [-0.2, 0) is 9.53 Å². The highest BCUT2D eigenvalue weighted by Gasteiger charge is 2.28. The molecule has 0 aromatic carbocycles. The van der Waals surface area contributed by atoms with E-state index in [2.05, 4.69) is 0 Å². The lowest BCUT2D eigenvalue weighted by Gasteiger charge is -2.22. The first-order valence-corrected chi connectivity index (χ1v) is 4.73. The van der Waals surface area contributed by atoms with E-state index in [0.717, 1.165) is 12.8 Å². The number of carbonyl (C=O) groups is 1. The van der Waals surface area contributed by atoms with Gasteiger partial charge in [0.15, 0.2) is 0 Å². The SMILES string of the molecule is CC(N)(COC1CCCC1)C(N)=O. The van der Waals surface area contributed by atoms with Crippen molar-refractivity contribution in [2.45, 2.75) is 44.2 Å². The Kier molecular flexibility index (Phi) is 3.27. The Bertz CT molecular complexity index is 186. The quantitative estimate of drug-likeness (QED) is 0.656. The predicted molar refractivity (Wildman–Crippen MR) is 50.0 cm³/mol. The summed E-state index contributed by atoms with van der Waals surface area (Å²) < 4.78 is 5.50. The highest BCUT2D eigenvalue weighted by atomic mass is 16.5. The minimum absolute atomic E-state index is 0.229. The molecule has 0 radical (unpaired) electrons. The first kappa shape index (κ1) is 10.5. The van der Waals surface area contributed by atoms with Crippen LogP contribution in [0.4, 0.5) is 0 Å². The monoisotopic (exact) mass is 186 g/mol. The normalized spacial score (nSPS) is 22.9. The van der Waals surface area contributed by atoms with Crippen LogP contribution in [0.5, 0.6) is 0 Å². The van der Waals surface area contributed by atoms with Gasteiger partial charge in [0.25, 0.3) is 0 Å². The zero-order chi connectivity index (χ0) is 9.90. The molecule has 1 aliphatic rings. The zero-order valence-corrected chi connectivity index (χ0v) is 8.08. The van der Waals surface area contributed by atoms with E-state index in [1.54, 1.807) is 6.92 Å². The molecule has 1 amide bonds. The molecule has 76 valence electrons. The topological polar surface area (TPSA) is 78.3 Å². The van der Waals surface area contributed by atoms with Gasteiger partial charge in [0.05, 0.1) is 12.7 Å². The number of nitrogens with two attached hydrogens (primary N) is 2. The Labute approximate surface area is 78.6 Å². The summed E-state index contributed by atoms with van der Waals surface area (Å²) in [6.07, 6.45) is 4.86. The van der Waals surface area contributed by atoms with Crippen molar-refractivity contribution in [2.75, 3.05) is 6.61 Å². The zero-order valence-electron chi connectivity index (χ0n) is 8.08. The van der Waals surface area contributed by atoms with Crippen LogP contribution in [0.25, 0.3) is 0 Å². The number of rotatable bonds is 4. The van der Waals surface area contributed by atoms with Gasteiger partial charge in [-0.25, -0.2) is 0 Å². The van der Waals surface area contributed by atoms with Gasteiger partial charge >= 0.3 is 0 Å². The van der Waals surface area contributed by atoms with Crippen LogP contribution in [0, 0.1) is 0 Å². The first-order valence-electron chi connectivity index (χ1n) is 4.73. The van der Waals surface area contributed by atoms with E-state index in [4.69, 9.17) is 16.2 Å². The number of carbonyl (C=O) groups excluding carboxylic acids is 1. The maximum atomic E-state index is 10.8. The van der Waals surface area contributed by atoms with Gasteiger partial charge in [0.1, 0.15) is 5.54 Å². The predicted octanol–water partition coefficient (Wildman–Crippen LogP) is 0.148. The molecule has 1 unspecified atom stereocenters. The van der Waals surface area contributed by atoms with Gasteiger partial charge in [-0.2, -0.15) is 0 Å². The molecule has 4 heteroatoms. The Morgan fingerprint density at radius 1 is 1.54 bits per heavy atom. The summed E-state index contributed by atoms with van der Waals surface area (Å²) in [4.78, 5) is 10.8. The lowest BCUT2D eigenvalue weighted by atomic mass is 10.1. The average molecular weight is 186 g/mol. The molecule has 1 rings (SSSR count). The van der Waals surface area contributed by atoms with Crippen molar-refractivity contribution in [1.29, 1.82) is 0 Å². The summed E-state index contributed by atoms with van der Waals surface area (Å²) >= 11 is 0. The largest absolute Gasteiger partial charge is 0.376 e.